The van der Waals surface area contributed by atoms with Gasteiger partial charge in [-0.05, 0) is 30.5 Å². The highest BCUT2D eigenvalue weighted by Crippen LogP contribution is 2.31. The summed E-state index contributed by atoms with van der Waals surface area (Å²) < 4.78 is 5.54. The lowest BCUT2D eigenvalue weighted by atomic mass is 9.87. The van der Waals surface area contributed by atoms with Crippen LogP contribution in [-0.2, 0) is 15.1 Å². The Labute approximate surface area is 163 Å². The smallest absolute Gasteiger partial charge is 0.344 e. The van der Waals surface area contributed by atoms with E-state index in [1.165, 1.54) is 0 Å². The lowest BCUT2D eigenvalue weighted by Crippen LogP contribution is -2.48. The van der Waals surface area contributed by atoms with Crippen LogP contribution in [-0.4, -0.2) is 29.5 Å². The Morgan fingerprint density at radius 1 is 1.07 bits per heavy atom. The predicted molar refractivity (Wildman–Crippen MR) is 103 cm³/mol. The van der Waals surface area contributed by atoms with E-state index >= 15 is 0 Å². The summed E-state index contributed by atoms with van der Waals surface area (Å²) in [5.41, 5.74) is 1.93. The van der Waals surface area contributed by atoms with Crippen molar-refractivity contribution in [3.63, 3.8) is 0 Å². The molecule has 1 fully saturated rings. The zero-order valence-corrected chi connectivity index (χ0v) is 15.7. The summed E-state index contributed by atoms with van der Waals surface area (Å²) in [5, 5.41) is 3.50. The van der Waals surface area contributed by atoms with Crippen LogP contribution in [0, 0.1) is 0 Å². The number of amides is 4. The molecule has 28 heavy (non-hydrogen) atoms. The Kier molecular flexibility index (Phi) is 5.93. The topological polar surface area (TPSA) is 87.7 Å². The molecule has 0 aliphatic carbocycles. The predicted octanol–water partition coefficient (Wildman–Crippen LogP) is 2.73. The number of urea groups is 1. The molecule has 0 unspecified atom stereocenters. The van der Waals surface area contributed by atoms with E-state index in [1.54, 1.807) is 24.3 Å². The molecule has 2 aromatic carbocycles. The minimum Gasteiger partial charge on any atom is -0.494 e. The first kappa shape index (κ1) is 19.4. The fourth-order valence-corrected chi connectivity index (χ4v) is 3.16. The van der Waals surface area contributed by atoms with Gasteiger partial charge in [-0.15, -0.1) is 0 Å². The summed E-state index contributed by atoms with van der Waals surface area (Å²) in [6.45, 7) is 2.18. The zero-order valence-electron chi connectivity index (χ0n) is 15.7. The van der Waals surface area contributed by atoms with Crippen molar-refractivity contribution >= 4 is 17.8 Å². The molecule has 1 aliphatic rings. The third-order valence-corrected chi connectivity index (χ3v) is 4.69. The molecular formula is C21H23N3O4. The average molecular weight is 381 g/mol. The second-order valence-electron chi connectivity index (χ2n) is 6.50. The van der Waals surface area contributed by atoms with Crippen molar-refractivity contribution in [1.82, 2.24) is 15.8 Å². The number of nitrogens with one attached hydrogen (secondary N) is 2. The second-order valence-corrected chi connectivity index (χ2v) is 6.50. The first-order valence-corrected chi connectivity index (χ1v) is 9.26. The number of hydrogen-bond acceptors (Lipinski definition) is 4. The first-order valence-electron chi connectivity index (χ1n) is 9.26. The van der Waals surface area contributed by atoms with Gasteiger partial charge in [0.2, 0.25) is 5.91 Å². The molecule has 2 N–H and O–H groups in total. The molecule has 1 aliphatic heterocycles. The molecule has 2 aromatic rings. The molecular weight excluding hydrogens is 358 g/mol. The number of imide groups is 1. The van der Waals surface area contributed by atoms with Crippen molar-refractivity contribution < 1.29 is 19.1 Å². The zero-order chi connectivity index (χ0) is 20.0. The highest BCUT2D eigenvalue weighted by molar-refractivity contribution is 6.08. The maximum absolute atomic E-state index is 12.9. The van der Waals surface area contributed by atoms with Gasteiger partial charge < -0.3 is 10.1 Å². The van der Waals surface area contributed by atoms with Crippen LogP contribution in [0.4, 0.5) is 4.79 Å². The van der Waals surface area contributed by atoms with Gasteiger partial charge in [0, 0.05) is 6.42 Å². The van der Waals surface area contributed by atoms with Crippen LogP contribution in [0.25, 0.3) is 0 Å². The van der Waals surface area contributed by atoms with E-state index in [0.717, 1.165) is 10.8 Å². The Hall–Kier alpha value is -3.35. The van der Waals surface area contributed by atoms with Crippen LogP contribution in [0.1, 0.15) is 31.7 Å². The van der Waals surface area contributed by atoms with Crippen LogP contribution in [0.3, 0.4) is 0 Å². The van der Waals surface area contributed by atoms with Gasteiger partial charge in [-0.25, -0.2) is 4.79 Å². The molecule has 0 aromatic heterocycles. The first-order chi connectivity index (χ1) is 13.6. The number of nitrogens with zero attached hydrogens (tertiary/aromatic N) is 1. The molecule has 3 rings (SSSR count). The quantitative estimate of drug-likeness (QED) is 0.544. The standard InChI is InChI=1S/C21H23N3O4/c1-2-21(16-10-5-3-6-11-16)19(26)24(20(27)22-21)23-18(25)14-9-15-28-17-12-7-4-8-13-17/h3-8,10-13H,2,9,14-15H2,1H3,(H,22,27)(H,23,25)/t21-/m1/s1. The van der Waals surface area contributed by atoms with Gasteiger partial charge in [-0.3, -0.25) is 15.0 Å². The molecule has 7 heteroatoms. The number of carbonyl (C=O) groups is 3. The summed E-state index contributed by atoms with van der Waals surface area (Å²) >= 11 is 0. The highest BCUT2D eigenvalue weighted by atomic mass is 16.5. The number of carbonyl (C=O) groups excluding carboxylic acids is 3. The van der Waals surface area contributed by atoms with Gasteiger partial charge in [0.1, 0.15) is 11.3 Å². The van der Waals surface area contributed by atoms with Crippen molar-refractivity contribution in [2.75, 3.05) is 6.61 Å². The number of hydrazine groups is 1. The van der Waals surface area contributed by atoms with Crippen molar-refractivity contribution in [2.24, 2.45) is 0 Å². The number of benzene rings is 2. The van der Waals surface area contributed by atoms with E-state index in [-0.39, 0.29) is 6.42 Å². The van der Waals surface area contributed by atoms with Gasteiger partial charge in [-0.2, -0.15) is 5.01 Å². The van der Waals surface area contributed by atoms with Crippen molar-refractivity contribution in [1.29, 1.82) is 0 Å². The molecule has 1 atom stereocenters. The van der Waals surface area contributed by atoms with Gasteiger partial charge in [-0.1, -0.05) is 55.5 Å². The van der Waals surface area contributed by atoms with E-state index in [0.29, 0.717) is 25.0 Å². The minimum atomic E-state index is -1.16. The van der Waals surface area contributed by atoms with E-state index in [1.807, 2.05) is 43.3 Å². The molecule has 0 spiro atoms. The molecule has 0 saturated carbocycles. The van der Waals surface area contributed by atoms with Crippen LogP contribution in [0.2, 0.25) is 0 Å². The molecule has 1 saturated heterocycles. The third-order valence-electron chi connectivity index (χ3n) is 4.69. The summed E-state index contributed by atoms with van der Waals surface area (Å²) in [6.07, 6.45) is 0.967. The van der Waals surface area contributed by atoms with Crippen LogP contribution < -0.4 is 15.5 Å². The van der Waals surface area contributed by atoms with Gasteiger partial charge in [0.15, 0.2) is 0 Å². The van der Waals surface area contributed by atoms with Crippen molar-refractivity contribution in [3.05, 3.63) is 66.2 Å². The van der Waals surface area contributed by atoms with Crippen LogP contribution >= 0.6 is 0 Å². The van der Waals surface area contributed by atoms with Crippen LogP contribution in [0.15, 0.2) is 60.7 Å². The number of hydrogen-bond donors (Lipinski definition) is 2. The van der Waals surface area contributed by atoms with Gasteiger partial charge >= 0.3 is 6.03 Å². The Bertz CT molecular complexity index is 841. The van der Waals surface area contributed by atoms with Crippen molar-refractivity contribution in [2.45, 2.75) is 31.7 Å². The monoisotopic (exact) mass is 381 g/mol. The van der Waals surface area contributed by atoms with E-state index in [2.05, 4.69) is 10.7 Å². The third kappa shape index (κ3) is 3.98. The molecule has 4 amide bonds. The maximum atomic E-state index is 12.9. The Morgan fingerprint density at radius 3 is 2.36 bits per heavy atom. The molecule has 146 valence electrons. The summed E-state index contributed by atoms with van der Waals surface area (Å²) in [7, 11) is 0. The number of rotatable bonds is 8. The highest BCUT2D eigenvalue weighted by Gasteiger charge is 2.52. The Balaban J connectivity index is 1.56. The number of para-hydroxylation sites is 1. The van der Waals surface area contributed by atoms with Gasteiger partial charge in [0.25, 0.3) is 5.91 Å². The molecule has 1 heterocycles. The van der Waals surface area contributed by atoms with Crippen molar-refractivity contribution in [3.8, 4) is 5.75 Å². The van der Waals surface area contributed by atoms with E-state index < -0.39 is 23.4 Å². The minimum absolute atomic E-state index is 0.133. The normalized spacial score (nSPS) is 18.7. The second kappa shape index (κ2) is 8.56. The summed E-state index contributed by atoms with van der Waals surface area (Å²) in [5.74, 6) is -0.173. The average Bonchev–Trinajstić information content (AvgIpc) is 2.98. The lowest BCUT2D eigenvalue weighted by Gasteiger charge is -2.25. The SMILES string of the molecule is CC[C@]1(c2ccccc2)NC(=O)N(NC(=O)CCCOc2ccccc2)C1=O. The summed E-state index contributed by atoms with van der Waals surface area (Å²) in [4.78, 5) is 37.5. The fraction of sp³-hybridized carbons (Fsp3) is 0.286. The fourth-order valence-electron chi connectivity index (χ4n) is 3.16. The molecule has 0 radical (unpaired) electrons. The van der Waals surface area contributed by atoms with E-state index in [4.69, 9.17) is 4.74 Å². The van der Waals surface area contributed by atoms with E-state index in [9.17, 15) is 14.4 Å². The summed E-state index contributed by atoms with van der Waals surface area (Å²) in [6, 6.07) is 17.7. The van der Waals surface area contributed by atoms with Crippen LogP contribution in [0.5, 0.6) is 5.75 Å². The Morgan fingerprint density at radius 2 is 1.71 bits per heavy atom. The molecule has 7 nitrogen and oxygen atoms in total. The lowest BCUT2D eigenvalue weighted by molar-refractivity contribution is -0.139. The number of ether oxygens (including phenoxy) is 1. The maximum Gasteiger partial charge on any atom is 0.344 e. The van der Waals surface area contributed by atoms with Gasteiger partial charge in [0.05, 0.1) is 6.61 Å². The largest absolute Gasteiger partial charge is 0.494 e. The molecule has 0 bridgehead atoms.